The van der Waals surface area contributed by atoms with Crippen LogP contribution < -0.4 is 10.2 Å². The molecule has 3 aromatic heterocycles. The predicted molar refractivity (Wildman–Crippen MR) is 105 cm³/mol. The monoisotopic (exact) mass is 377 g/mol. The SMILES string of the molecule is Cc1nccn1-c1cc(CNC(=O)[C@@H]2CCCN(c3cnccn3)C2)ccn1. The zero-order valence-corrected chi connectivity index (χ0v) is 15.8. The Labute approximate surface area is 163 Å². The van der Waals surface area contributed by atoms with Crippen LogP contribution in [0.5, 0.6) is 0 Å². The summed E-state index contributed by atoms with van der Waals surface area (Å²) in [6, 6.07) is 3.89. The number of imidazole rings is 1. The summed E-state index contributed by atoms with van der Waals surface area (Å²) in [5.41, 5.74) is 1.01. The van der Waals surface area contributed by atoms with Crippen LogP contribution in [0, 0.1) is 12.8 Å². The van der Waals surface area contributed by atoms with Crippen molar-refractivity contribution in [3.05, 3.63) is 60.7 Å². The lowest BCUT2D eigenvalue weighted by atomic mass is 9.97. The zero-order valence-electron chi connectivity index (χ0n) is 15.8. The average Bonchev–Trinajstić information content (AvgIpc) is 3.19. The Kier molecular flexibility index (Phi) is 5.27. The van der Waals surface area contributed by atoms with Gasteiger partial charge >= 0.3 is 0 Å². The first-order chi connectivity index (χ1) is 13.7. The van der Waals surface area contributed by atoms with Crippen molar-refractivity contribution in [3.63, 3.8) is 0 Å². The number of pyridine rings is 1. The van der Waals surface area contributed by atoms with Crippen LogP contribution in [0.4, 0.5) is 5.82 Å². The largest absolute Gasteiger partial charge is 0.355 e. The van der Waals surface area contributed by atoms with E-state index in [4.69, 9.17) is 0 Å². The Hall–Kier alpha value is -3.29. The van der Waals surface area contributed by atoms with Crippen molar-refractivity contribution in [1.29, 1.82) is 0 Å². The first-order valence-electron chi connectivity index (χ1n) is 9.44. The number of carbonyl (C=O) groups excluding carboxylic acids is 1. The molecule has 1 atom stereocenters. The third-order valence-corrected chi connectivity index (χ3v) is 5.01. The highest BCUT2D eigenvalue weighted by molar-refractivity contribution is 5.79. The standard InChI is InChI=1S/C20H23N7O/c1-15-22-8-10-27(15)18-11-16(4-5-23-18)12-25-20(28)17-3-2-9-26(14-17)19-13-21-6-7-24-19/h4-8,10-11,13,17H,2-3,9,12,14H2,1H3,(H,25,28)/t17-/m1/s1. The number of amides is 1. The Morgan fingerprint density at radius 2 is 2.07 bits per heavy atom. The summed E-state index contributed by atoms with van der Waals surface area (Å²) >= 11 is 0. The molecule has 1 aliphatic heterocycles. The number of hydrogen-bond acceptors (Lipinski definition) is 6. The van der Waals surface area contributed by atoms with Crippen molar-refractivity contribution in [2.75, 3.05) is 18.0 Å². The van der Waals surface area contributed by atoms with Crippen molar-refractivity contribution in [2.24, 2.45) is 5.92 Å². The second kappa shape index (κ2) is 8.16. The highest BCUT2D eigenvalue weighted by atomic mass is 16.1. The molecular weight excluding hydrogens is 354 g/mol. The van der Waals surface area contributed by atoms with E-state index in [1.165, 1.54) is 0 Å². The van der Waals surface area contributed by atoms with Gasteiger partial charge in [-0.1, -0.05) is 0 Å². The van der Waals surface area contributed by atoms with Crippen LogP contribution in [0.1, 0.15) is 24.2 Å². The van der Waals surface area contributed by atoms with Crippen molar-refractivity contribution in [3.8, 4) is 5.82 Å². The van der Waals surface area contributed by atoms with Gasteiger partial charge in [-0.05, 0) is 37.5 Å². The van der Waals surface area contributed by atoms with Gasteiger partial charge in [-0.2, -0.15) is 0 Å². The van der Waals surface area contributed by atoms with E-state index in [-0.39, 0.29) is 11.8 Å². The topological polar surface area (TPSA) is 88.8 Å². The molecule has 0 radical (unpaired) electrons. The molecule has 8 nitrogen and oxygen atoms in total. The number of aromatic nitrogens is 5. The molecule has 4 heterocycles. The number of carbonyl (C=O) groups is 1. The fourth-order valence-electron chi connectivity index (χ4n) is 3.51. The van der Waals surface area contributed by atoms with Gasteiger partial charge in [0.25, 0.3) is 0 Å². The third-order valence-electron chi connectivity index (χ3n) is 5.01. The maximum atomic E-state index is 12.7. The molecule has 0 unspecified atom stereocenters. The normalized spacial score (nSPS) is 16.8. The summed E-state index contributed by atoms with van der Waals surface area (Å²) in [4.78, 5) is 31.9. The van der Waals surface area contributed by atoms with E-state index in [0.29, 0.717) is 13.1 Å². The second-order valence-corrected chi connectivity index (χ2v) is 6.93. The summed E-state index contributed by atoms with van der Waals surface area (Å²) in [6.07, 6.45) is 12.3. The first kappa shape index (κ1) is 18.1. The number of piperidine rings is 1. The van der Waals surface area contributed by atoms with Crippen molar-refractivity contribution >= 4 is 11.7 Å². The zero-order chi connectivity index (χ0) is 19.3. The number of hydrogen-bond donors (Lipinski definition) is 1. The fourth-order valence-corrected chi connectivity index (χ4v) is 3.51. The molecule has 144 valence electrons. The Bertz CT molecular complexity index is 940. The van der Waals surface area contributed by atoms with Gasteiger partial charge in [0, 0.05) is 50.6 Å². The van der Waals surface area contributed by atoms with Crippen molar-refractivity contribution in [2.45, 2.75) is 26.3 Å². The molecule has 0 bridgehead atoms. The van der Waals surface area contributed by atoms with E-state index in [1.807, 2.05) is 29.8 Å². The molecule has 0 saturated carbocycles. The lowest BCUT2D eigenvalue weighted by Gasteiger charge is -2.32. The van der Waals surface area contributed by atoms with Gasteiger partial charge in [-0.3, -0.25) is 14.3 Å². The van der Waals surface area contributed by atoms with Gasteiger partial charge in [-0.25, -0.2) is 15.0 Å². The molecule has 1 N–H and O–H groups in total. The first-order valence-corrected chi connectivity index (χ1v) is 9.44. The van der Waals surface area contributed by atoms with Crippen LogP contribution in [0.25, 0.3) is 5.82 Å². The Morgan fingerprint density at radius 3 is 2.86 bits per heavy atom. The molecule has 1 aliphatic rings. The Balaban J connectivity index is 1.37. The van der Waals surface area contributed by atoms with E-state index < -0.39 is 0 Å². The van der Waals surface area contributed by atoms with Crippen LogP contribution in [0.2, 0.25) is 0 Å². The number of rotatable bonds is 5. The quantitative estimate of drug-likeness (QED) is 0.731. The van der Waals surface area contributed by atoms with Gasteiger partial charge in [-0.15, -0.1) is 0 Å². The maximum Gasteiger partial charge on any atom is 0.225 e. The molecule has 1 saturated heterocycles. The smallest absolute Gasteiger partial charge is 0.225 e. The highest BCUT2D eigenvalue weighted by Gasteiger charge is 2.26. The molecule has 4 rings (SSSR count). The van der Waals surface area contributed by atoms with Gasteiger partial charge in [0.1, 0.15) is 17.5 Å². The predicted octanol–water partition coefficient (Wildman–Crippen LogP) is 1.90. The molecule has 0 spiro atoms. The minimum atomic E-state index is -0.0482. The molecule has 8 heteroatoms. The molecule has 1 fully saturated rings. The van der Waals surface area contributed by atoms with Crippen LogP contribution in [0.3, 0.4) is 0 Å². The maximum absolute atomic E-state index is 12.7. The summed E-state index contributed by atoms with van der Waals surface area (Å²) < 4.78 is 1.92. The number of anilines is 1. The minimum absolute atomic E-state index is 0.0482. The van der Waals surface area contributed by atoms with Crippen LogP contribution in [-0.4, -0.2) is 43.5 Å². The molecular formula is C20H23N7O. The fraction of sp³-hybridized carbons (Fsp3) is 0.350. The van der Waals surface area contributed by atoms with Crippen molar-refractivity contribution in [1.82, 2.24) is 29.8 Å². The average molecular weight is 377 g/mol. The highest BCUT2D eigenvalue weighted by Crippen LogP contribution is 2.21. The van der Waals surface area contributed by atoms with Gasteiger partial charge in [0.15, 0.2) is 0 Å². The van der Waals surface area contributed by atoms with E-state index in [0.717, 1.165) is 42.4 Å². The van der Waals surface area contributed by atoms with Crippen molar-refractivity contribution < 1.29 is 4.79 Å². The molecule has 0 aliphatic carbocycles. The summed E-state index contributed by atoms with van der Waals surface area (Å²) in [7, 11) is 0. The number of nitrogens with zero attached hydrogens (tertiary/aromatic N) is 6. The van der Waals surface area contributed by atoms with E-state index in [1.54, 1.807) is 31.0 Å². The Morgan fingerprint density at radius 1 is 1.18 bits per heavy atom. The van der Waals surface area contributed by atoms with E-state index in [9.17, 15) is 4.79 Å². The summed E-state index contributed by atoms with van der Waals surface area (Å²) in [6.45, 7) is 3.98. The van der Waals surface area contributed by atoms with Crippen LogP contribution in [0.15, 0.2) is 49.3 Å². The van der Waals surface area contributed by atoms with Crippen LogP contribution >= 0.6 is 0 Å². The second-order valence-electron chi connectivity index (χ2n) is 6.93. The third kappa shape index (κ3) is 4.00. The summed E-state index contributed by atoms with van der Waals surface area (Å²) in [5.74, 6) is 2.53. The molecule has 0 aromatic carbocycles. The van der Waals surface area contributed by atoms with Gasteiger partial charge in [0.05, 0.1) is 12.1 Å². The minimum Gasteiger partial charge on any atom is -0.355 e. The van der Waals surface area contributed by atoms with Crippen LogP contribution in [-0.2, 0) is 11.3 Å². The van der Waals surface area contributed by atoms with E-state index >= 15 is 0 Å². The molecule has 1 amide bonds. The number of nitrogens with one attached hydrogen (secondary N) is 1. The van der Waals surface area contributed by atoms with Gasteiger partial charge < -0.3 is 10.2 Å². The van der Waals surface area contributed by atoms with E-state index in [2.05, 4.69) is 30.2 Å². The number of aryl methyl sites for hydroxylation is 1. The van der Waals surface area contributed by atoms with Gasteiger partial charge in [0.2, 0.25) is 5.91 Å². The molecule has 3 aromatic rings. The lowest BCUT2D eigenvalue weighted by Crippen LogP contribution is -2.43. The molecule has 28 heavy (non-hydrogen) atoms. The summed E-state index contributed by atoms with van der Waals surface area (Å²) in [5, 5.41) is 3.07. The lowest BCUT2D eigenvalue weighted by molar-refractivity contribution is -0.125.